The van der Waals surface area contributed by atoms with Gasteiger partial charge in [-0.25, -0.2) is 0 Å². The van der Waals surface area contributed by atoms with E-state index in [4.69, 9.17) is 0 Å². The first kappa shape index (κ1) is 14.5. The van der Waals surface area contributed by atoms with Crippen LogP contribution in [-0.4, -0.2) is 31.1 Å². The Hall–Kier alpha value is -0.860. The summed E-state index contributed by atoms with van der Waals surface area (Å²) in [6.45, 7) is 9.15. The standard InChI is InChI=1S/C17H28N2/c1-13(2)19-11-5-6-16(12-18-4)17(19)15-9-7-14(3)8-10-15/h7-10,13,16-18H,5-6,11-12H2,1-4H3. The highest BCUT2D eigenvalue weighted by atomic mass is 15.2. The molecule has 1 fully saturated rings. The van der Waals surface area contributed by atoms with E-state index in [0.717, 1.165) is 12.5 Å². The zero-order valence-corrected chi connectivity index (χ0v) is 12.8. The van der Waals surface area contributed by atoms with Crippen LogP contribution in [0, 0.1) is 12.8 Å². The third-order valence-corrected chi connectivity index (χ3v) is 4.34. The number of hydrogen-bond donors (Lipinski definition) is 1. The van der Waals surface area contributed by atoms with Crippen molar-refractivity contribution in [2.45, 2.75) is 45.7 Å². The first-order chi connectivity index (χ1) is 9.13. The molecular weight excluding hydrogens is 232 g/mol. The lowest BCUT2D eigenvalue weighted by molar-refractivity contribution is 0.0636. The van der Waals surface area contributed by atoms with Crippen molar-refractivity contribution in [2.75, 3.05) is 20.1 Å². The van der Waals surface area contributed by atoms with E-state index < -0.39 is 0 Å². The molecule has 19 heavy (non-hydrogen) atoms. The van der Waals surface area contributed by atoms with Crippen LogP contribution in [-0.2, 0) is 0 Å². The van der Waals surface area contributed by atoms with E-state index in [9.17, 15) is 0 Å². The van der Waals surface area contributed by atoms with Gasteiger partial charge >= 0.3 is 0 Å². The third kappa shape index (κ3) is 3.37. The van der Waals surface area contributed by atoms with Crippen LogP contribution in [0.1, 0.15) is 43.9 Å². The second-order valence-corrected chi connectivity index (χ2v) is 6.15. The molecule has 106 valence electrons. The Morgan fingerprint density at radius 2 is 1.95 bits per heavy atom. The lowest BCUT2D eigenvalue weighted by atomic mass is 9.83. The van der Waals surface area contributed by atoms with Crippen LogP contribution >= 0.6 is 0 Å². The van der Waals surface area contributed by atoms with Crippen molar-refractivity contribution in [1.29, 1.82) is 0 Å². The number of aryl methyl sites for hydroxylation is 1. The normalized spacial score (nSPS) is 24.9. The summed E-state index contributed by atoms with van der Waals surface area (Å²) in [4.78, 5) is 2.68. The number of benzene rings is 1. The summed E-state index contributed by atoms with van der Waals surface area (Å²) in [5, 5.41) is 3.38. The van der Waals surface area contributed by atoms with Crippen LogP contribution in [0.25, 0.3) is 0 Å². The maximum atomic E-state index is 3.38. The van der Waals surface area contributed by atoms with Crippen LogP contribution in [0.3, 0.4) is 0 Å². The zero-order chi connectivity index (χ0) is 13.8. The van der Waals surface area contributed by atoms with E-state index in [-0.39, 0.29) is 0 Å². The average molecular weight is 260 g/mol. The van der Waals surface area contributed by atoms with Crippen molar-refractivity contribution < 1.29 is 0 Å². The quantitative estimate of drug-likeness (QED) is 0.893. The summed E-state index contributed by atoms with van der Waals surface area (Å²) in [7, 11) is 2.07. The highest BCUT2D eigenvalue weighted by Crippen LogP contribution is 2.37. The number of piperidine rings is 1. The largest absolute Gasteiger partial charge is 0.319 e. The minimum Gasteiger partial charge on any atom is -0.319 e. The molecule has 1 aromatic rings. The molecule has 2 atom stereocenters. The summed E-state index contributed by atoms with van der Waals surface area (Å²) in [5.41, 5.74) is 2.83. The van der Waals surface area contributed by atoms with Crippen molar-refractivity contribution in [3.05, 3.63) is 35.4 Å². The molecule has 1 aromatic carbocycles. The van der Waals surface area contributed by atoms with E-state index in [0.29, 0.717) is 12.1 Å². The molecule has 0 aliphatic carbocycles. The van der Waals surface area contributed by atoms with Gasteiger partial charge in [-0.15, -0.1) is 0 Å². The molecule has 1 aliphatic rings. The van der Waals surface area contributed by atoms with Crippen molar-refractivity contribution in [1.82, 2.24) is 10.2 Å². The molecule has 2 nitrogen and oxygen atoms in total. The lowest BCUT2D eigenvalue weighted by Crippen LogP contribution is -2.45. The van der Waals surface area contributed by atoms with Gasteiger partial charge in [0.05, 0.1) is 0 Å². The molecule has 1 N–H and O–H groups in total. The second-order valence-electron chi connectivity index (χ2n) is 6.15. The molecule has 2 rings (SSSR count). The molecule has 0 saturated carbocycles. The number of nitrogens with one attached hydrogen (secondary N) is 1. The minimum atomic E-state index is 0.571. The van der Waals surface area contributed by atoms with Gasteiger partial charge < -0.3 is 5.32 Å². The average Bonchev–Trinajstić information content (AvgIpc) is 2.40. The van der Waals surface area contributed by atoms with Crippen molar-refractivity contribution >= 4 is 0 Å². The number of likely N-dealkylation sites (tertiary alicyclic amines) is 1. The van der Waals surface area contributed by atoms with E-state index >= 15 is 0 Å². The minimum absolute atomic E-state index is 0.571. The van der Waals surface area contributed by atoms with Gasteiger partial charge in [0.25, 0.3) is 0 Å². The van der Waals surface area contributed by atoms with Crippen molar-refractivity contribution in [2.24, 2.45) is 5.92 Å². The van der Waals surface area contributed by atoms with Gasteiger partial charge in [0, 0.05) is 12.1 Å². The topological polar surface area (TPSA) is 15.3 Å². The summed E-state index contributed by atoms with van der Waals surface area (Å²) >= 11 is 0. The van der Waals surface area contributed by atoms with Crippen LogP contribution in [0.5, 0.6) is 0 Å². The van der Waals surface area contributed by atoms with Crippen molar-refractivity contribution in [3.63, 3.8) is 0 Å². The molecule has 1 aliphatic heterocycles. The Labute approximate surface area is 118 Å². The third-order valence-electron chi connectivity index (χ3n) is 4.34. The molecule has 2 unspecified atom stereocenters. The smallest absolute Gasteiger partial charge is 0.0391 e. The van der Waals surface area contributed by atoms with Crippen LogP contribution < -0.4 is 5.32 Å². The van der Waals surface area contributed by atoms with Crippen molar-refractivity contribution in [3.8, 4) is 0 Å². The predicted octanol–water partition coefficient (Wildman–Crippen LogP) is 3.38. The van der Waals surface area contributed by atoms with Gasteiger partial charge in [0.1, 0.15) is 0 Å². The number of nitrogens with zero attached hydrogens (tertiary/aromatic N) is 1. The molecule has 2 heteroatoms. The van der Waals surface area contributed by atoms with E-state index in [2.05, 4.69) is 62.3 Å². The summed E-state index contributed by atoms with van der Waals surface area (Å²) in [6.07, 6.45) is 2.66. The Morgan fingerprint density at radius 3 is 2.53 bits per heavy atom. The fourth-order valence-corrected chi connectivity index (χ4v) is 3.39. The summed E-state index contributed by atoms with van der Waals surface area (Å²) < 4.78 is 0. The van der Waals surface area contributed by atoms with Gasteiger partial charge in [-0.1, -0.05) is 29.8 Å². The SMILES string of the molecule is CNCC1CCCN(C(C)C)C1c1ccc(C)cc1. The van der Waals surface area contributed by atoms with Gasteiger partial charge in [-0.2, -0.15) is 0 Å². The molecule has 1 heterocycles. The molecule has 0 bridgehead atoms. The zero-order valence-electron chi connectivity index (χ0n) is 12.8. The first-order valence-electron chi connectivity index (χ1n) is 7.60. The molecule has 0 amide bonds. The fourth-order valence-electron chi connectivity index (χ4n) is 3.39. The molecular formula is C17H28N2. The second kappa shape index (κ2) is 6.53. The molecule has 1 saturated heterocycles. The first-order valence-corrected chi connectivity index (χ1v) is 7.60. The Bertz CT molecular complexity index is 381. The Morgan fingerprint density at radius 1 is 1.26 bits per heavy atom. The monoisotopic (exact) mass is 260 g/mol. The summed E-state index contributed by atoms with van der Waals surface area (Å²) in [5.74, 6) is 0.726. The maximum Gasteiger partial charge on any atom is 0.0391 e. The van der Waals surface area contributed by atoms with Gasteiger partial charge in [-0.3, -0.25) is 4.90 Å². The number of rotatable bonds is 4. The Balaban J connectivity index is 2.28. The van der Waals surface area contributed by atoms with Gasteiger partial charge in [0.2, 0.25) is 0 Å². The molecule has 0 spiro atoms. The molecule has 0 aromatic heterocycles. The van der Waals surface area contributed by atoms with Crippen LogP contribution in [0.4, 0.5) is 0 Å². The number of hydrogen-bond acceptors (Lipinski definition) is 2. The van der Waals surface area contributed by atoms with E-state index in [1.807, 2.05) is 0 Å². The van der Waals surface area contributed by atoms with Gasteiger partial charge in [-0.05, 0) is 65.2 Å². The highest BCUT2D eigenvalue weighted by molar-refractivity contribution is 5.25. The Kier molecular flexibility index (Phi) is 5.00. The fraction of sp³-hybridized carbons (Fsp3) is 0.647. The van der Waals surface area contributed by atoms with E-state index in [1.54, 1.807) is 0 Å². The van der Waals surface area contributed by atoms with Gasteiger partial charge in [0.15, 0.2) is 0 Å². The lowest BCUT2D eigenvalue weighted by Gasteiger charge is -2.44. The maximum absolute atomic E-state index is 3.38. The van der Waals surface area contributed by atoms with E-state index in [1.165, 1.54) is 30.5 Å². The predicted molar refractivity (Wildman–Crippen MR) is 82.4 cm³/mol. The molecule has 0 radical (unpaired) electrons. The van der Waals surface area contributed by atoms with Crippen LogP contribution in [0.15, 0.2) is 24.3 Å². The summed E-state index contributed by atoms with van der Waals surface area (Å²) in [6, 6.07) is 10.3. The highest BCUT2D eigenvalue weighted by Gasteiger charge is 2.33. The van der Waals surface area contributed by atoms with Crippen LogP contribution in [0.2, 0.25) is 0 Å².